The van der Waals surface area contributed by atoms with Gasteiger partial charge in [0.2, 0.25) is 5.95 Å². The minimum atomic E-state index is 0.538. The van der Waals surface area contributed by atoms with E-state index in [2.05, 4.69) is 49.4 Å². The van der Waals surface area contributed by atoms with E-state index in [1.807, 2.05) is 30.3 Å². The standard InChI is InChI=1S/C22H22N6O/c1-2-8-18(9-3-1)29-13-11-23-20-19-21(25-15-24-19)27-22(26-20)28-12-10-16-6-4-5-7-17(16)14-28/h1-9,15H,10-14H2,(H2,23,24,25,26,27). The van der Waals surface area contributed by atoms with Gasteiger partial charge in [-0.2, -0.15) is 9.97 Å². The van der Waals surface area contributed by atoms with Crippen molar-refractivity contribution in [3.63, 3.8) is 0 Å². The monoisotopic (exact) mass is 386 g/mol. The van der Waals surface area contributed by atoms with Gasteiger partial charge in [0.05, 0.1) is 12.9 Å². The number of hydrogen-bond acceptors (Lipinski definition) is 6. The summed E-state index contributed by atoms with van der Waals surface area (Å²) < 4.78 is 5.76. The van der Waals surface area contributed by atoms with Crippen molar-refractivity contribution in [2.45, 2.75) is 13.0 Å². The van der Waals surface area contributed by atoms with Crippen LogP contribution in [0.4, 0.5) is 11.8 Å². The Morgan fingerprint density at radius 1 is 1.00 bits per heavy atom. The fraction of sp³-hybridized carbons (Fsp3) is 0.227. The van der Waals surface area contributed by atoms with Crippen molar-refractivity contribution >= 4 is 22.9 Å². The van der Waals surface area contributed by atoms with Gasteiger partial charge in [-0.15, -0.1) is 0 Å². The molecule has 146 valence electrons. The van der Waals surface area contributed by atoms with Crippen LogP contribution in [0.15, 0.2) is 60.9 Å². The maximum atomic E-state index is 5.76. The Morgan fingerprint density at radius 3 is 2.72 bits per heavy atom. The van der Waals surface area contributed by atoms with E-state index in [-0.39, 0.29) is 0 Å². The van der Waals surface area contributed by atoms with Crippen molar-refractivity contribution in [3.8, 4) is 5.75 Å². The summed E-state index contributed by atoms with van der Waals surface area (Å²) in [6, 6.07) is 18.4. The second kappa shape index (κ2) is 7.79. The zero-order valence-corrected chi connectivity index (χ0v) is 16.0. The Labute approximate surface area is 168 Å². The normalized spacial score (nSPS) is 13.3. The zero-order valence-electron chi connectivity index (χ0n) is 16.0. The summed E-state index contributed by atoms with van der Waals surface area (Å²) in [5, 5.41) is 3.37. The molecule has 0 aliphatic carbocycles. The lowest BCUT2D eigenvalue weighted by atomic mass is 10.0. The number of nitrogens with one attached hydrogen (secondary N) is 2. The molecule has 0 saturated carbocycles. The van der Waals surface area contributed by atoms with Crippen LogP contribution >= 0.6 is 0 Å². The summed E-state index contributed by atoms with van der Waals surface area (Å²) in [5.74, 6) is 2.31. The third kappa shape index (κ3) is 3.71. The fourth-order valence-electron chi connectivity index (χ4n) is 3.61. The van der Waals surface area contributed by atoms with Gasteiger partial charge in [0.1, 0.15) is 17.9 Å². The topological polar surface area (TPSA) is 79.0 Å². The number of nitrogens with zero attached hydrogens (tertiary/aromatic N) is 4. The smallest absolute Gasteiger partial charge is 0.229 e. The molecule has 2 N–H and O–H groups in total. The first kappa shape index (κ1) is 17.5. The molecule has 0 fully saturated rings. The highest BCUT2D eigenvalue weighted by Gasteiger charge is 2.20. The molecular formula is C22H22N6O. The summed E-state index contributed by atoms with van der Waals surface area (Å²) in [5.41, 5.74) is 4.21. The molecular weight excluding hydrogens is 364 g/mol. The average Bonchev–Trinajstić information content (AvgIpc) is 3.26. The third-order valence-corrected chi connectivity index (χ3v) is 5.09. The molecule has 0 saturated heterocycles. The largest absolute Gasteiger partial charge is 0.492 e. The average molecular weight is 386 g/mol. The Balaban J connectivity index is 1.32. The molecule has 4 aromatic rings. The van der Waals surface area contributed by atoms with E-state index in [1.165, 1.54) is 11.1 Å². The van der Waals surface area contributed by atoms with Gasteiger partial charge in [0.25, 0.3) is 0 Å². The summed E-state index contributed by atoms with van der Waals surface area (Å²) in [6.07, 6.45) is 2.64. The number of ether oxygens (including phenoxy) is 1. The molecule has 0 spiro atoms. The molecule has 3 heterocycles. The van der Waals surface area contributed by atoms with E-state index < -0.39 is 0 Å². The van der Waals surface area contributed by atoms with Crippen molar-refractivity contribution in [2.75, 3.05) is 29.9 Å². The van der Waals surface area contributed by atoms with Gasteiger partial charge < -0.3 is 19.9 Å². The zero-order chi connectivity index (χ0) is 19.5. The minimum Gasteiger partial charge on any atom is -0.492 e. The van der Waals surface area contributed by atoms with Crippen LogP contribution in [0.5, 0.6) is 5.75 Å². The molecule has 7 heteroatoms. The predicted octanol–water partition coefficient (Wildman–Crippen LogP) is 3.41. The van der Waals surface area contributed by atoms with Crippen LogP contribution in [0.3, 0.4) is 0 Å². The molecule has 0 bridgehead atoms. The van der Waals surface area contributed by atoms with Crippen LogP contribution in [0.2, 0.25) is 0 Å². The van der Waals surface area contributed by atoms with E-state index in [0.717, 1.165) is 36.6 Å². The Morgan fingerprint density at radius 2 is 1.83 bits per heavy atom. The summed E-state index contributed by atoms with van der Waals surface area (Å²) in [4.78, 5) is 19.2. The third-order valence-electron chi connectivity index (χ3n) is 5.09. The molecule has 2 aromatic carbocycles. The second-order valence-electron chi connectivity index (χ2n) is 7.00. The number of rotatable bonds is 6. The lowest BCUT2D eigenvalue weighted by Crippen LogP contribution is -2.32. The van der Waals surface area contributed by atoms with E-state index in [9.17, 15) is 0 Å². The van der Waals surface area contributed by atoms with Gasteiger partial charge in [-0.25, -0.2) is 4.98 Å². The first-order valence-electron chi connectivity index (χ1n) is 9.81. The van der Waals surface area contributed by atoms with Gasteiger partial charge in [0.15, 0.2) is 11.5 Å². The molecule has 5 rings (SSSR count). The van der Waals surface area contributed by atoms with Crippen LogP contribution in [-0.4, -0.2) is 39.6 Å². The molecule has 0 radical (unpaired) electrons. The molecule has 0 atom stereocenters. The number of H-pyrrole nitrogens is 1. The number of aromatic nitrogens is 4. The molecule has 1 aliphatic heterocycles. The number of fused-ring (bicyclic) bond motifs is 2. The highest BCUT2D eigenvalue weighted by atomic mass is 16.5. The highest BCUT2D eigenvalue weighted by molar-refractivity contribution is 5.83. The van der Waals surface area contributed by atoms with Gasteiger partial charge in [-0.1, -0.05) is 42.5 Å². The lowest BCUT2D eigenvalue weighted by Gasteiger charge is -2.29. The first-order valence-corrected chi connectivity index (χ1v) is 9.81. The van der Waals surface area contributed by atoms with Crippen molar-refractivity contribution in [3.05, 3.63) is 72.1 Å². The Hall–Kier alpha value is -3.61. The van der Waals surface area contributed by atoms with Crippen molar-refractivity contribution in [2.24, 2.45) is 0 Å². The van der Waals surface area contributed by atoms with Gasteiger partial charge in [-0.05, 0) is 29.7 Å². The van der Waals surface area contributed by atoms with E-state index in [1.54, 1.807) is 6.33 Å². The molecule has 29 heavy (non-hydrogen) atoms. The minimum absolute atomic E-state index is 0.538. The number of anilines is 2. The number of hydrogen-bond donors (Lipinski definition) is 2. The van der Waals surface area contributed by atoms with Gasteiger partial charge in [0, 0.05) is 13.1 Å². The SMILES string of the molecule is c1ccc(OCCNc2nc(N3CCc4ccccc4C3)nc3nc[nH]c23)cc1. The highest BCUT2D eigenvalue weighted by Crippen LogP contribution is 2.25. The predicted molar refractivity (Wildman–Crippen MR) is 113 cm³/mol. The van der Waals surface area contributed by atoms with Crippen molar-refractivity contribution in [1.82, 2.24) is 19.9 Å². The second-order valence-corrected chi connectivity index (χ2v) is 7.00. The van der Waals surface area contributed by atoms with Gasteiger partial charge in [-0.3, -0.25) is 0 Å². The maximum absolute atomic E-state index is 5.76. The van der Waals surface area contributed by atoms with Crippen LogP contribution in [0.25, 0.3) is 11.2 Å². The van der Waals surface area contributed by atoms with Crippen LogP contribution in [0, 0.1) is 0 Å². The number of para-hydroxylation sites is 1. The first-order chi connectivity index (χ1) is 14.4. The molecule has 2 aromatic heterocycles. The maximum Gasteiger partial charge on any atom is 0.229 e. The van der Waals surface area contributed by atoms with E-state index in [0.29, 0.717) is 24.7 Å². The number of benzene rings is 2. The quantitative estimate of drug-likeness (QED) is 0.495. The van der Waals surface area contributed by atoms with Crippen LogP contribution in [-0.2, 0) is 13.0 Å². The molecule has 0 unspecified atom stereocenters. The van der Waals surface area contributed by atoms with E-state index >= 15 is 0 Å². The Kier molecular flexibility index (Phi) is 4.70. The molecule has 1 aliphatic rings. The molecule has 0 amide bonds. The van der Waals surface area contributed by atoms with Gasteiger partial charge >= 0.3 is 0 Å². The van der Waals surface area contributed by atoms with Crippen LogP contribution < -0.4 is 15.0 Å². The van der Waals surface area contributed by atoms with Crippen molar-refractivity contribution < 1.29 is 4.74 Å². The summed E-state index contributed by atoms with van der Waals surface area (Å²) >= 11 is 0. The number of imidazole rings is 1. The van der Waals surface area contributed by atoms with E-state index in [4.69, 9.17) is 9.72 Å². The Bertz CT molecular complexity index is 1110. The lowest BCUT2D eigenvalue weighted by molar-refractivity contribution is 0.333. The fourth-order valence-corrected chi connectivity index (χ4v) is 3.61. The number of aromatic amines is 1. The summed E-state index contributed by atoms with van der Waals surface area (Å²) in [6.45, 7) is 2.87. The van der Waals surface area contributed by atoms with Crippen molar-refractivity contribution in [1.29, 1.82) is 0 Å². The van der Waals surface area contributed by atoms with Crippen LogP contribution in [0.1, 0.15) is 11.1 Å². The summed E-state index contributed by atoms with van der Waals surface area (Å²) in [7, 11) is 0. The molecule has 7 nitrogen and oxygen atoms in total.